The first kappa shape index (κ1) is 8.01. The van der Waals surface area contributed by atoms with Crippen LogP contribution in [0.4, 0.5) is 0 Å². The van der Waals surface area contributed by atoms with Crippen LogP contribution in [0, 0.1) is 0 Å². The summed E-state index contributed by atoms with van der Waals surface area (Å²) in [5.74, 6) is 6.52. The number of aliphatic imine (C=N–C) groups is 1. The standard InChI is InChI=1S/C8H13N3/c1-3-5-10-8-7(2)4-6-11(8)9/h3,5H,1,4,6,9H2,2H3. The van der Waals surface area contributed by atoms with Gasteiger partial charge in [0.05, 0.1) is 0 Å². The molecule has 1 aliphatic rings. The Labute approximate surface area is 66.9 Å². The van der Waals surface area contributed by atoms with Crippen molar-refractivity contribution >= 4 is 6.21 Å². The number of hydrogen-bond acceptors (Lipinski definition) is 3. The maximum absolute atomic E-state index is 5.64. The molecule has 0 unspecified atom stereocenters. The van der Waals surface area contributed by atoms with Crippen LogP contribution in [-0.2, 0) is 0 Å². The van der Waals surface area contributed by atoms with Crippen molar-refractivity contribution in [2.75, 3.05) is 6.54 Å². The van der Waals surface area contributed by atoms with Crippen LogP contribution in [0.5, 0.6) is 0 Å². The van der Waals surface area contributed by atoms with Gasteiger partial charge in [0.15, 0.2) is 0 Å². The minimum Gasteiger partial charge on any atom is -0.295 e. The highest BCUT2D eigenvalue weighted by Crippen LogP contribution is 2.19. The molecule has 0 radical (unpaired) electrons. The van der Waals surface area contributed by atoms with Gasteiger partial charge in [-0.05, 0) is 18.9 Å². The van der Waals surface area contributed by atoms with E-state index in [0.717, 1.165) is 18.8 Å². The first-order chi connectivity index (χ1) is 5.25. The molecule has 60 valence electrons. The fourth-order valence-corrected chi connectivity index (χ4v) is 1.06. The number of nitrogens with zero attached hydrogens (tertiary/aromatic N) is 2. The zero-order valence-electron chi connectivity index (χ0n) is 6.75. The Bertz CT molecular complexity index is 215. The Balaban J connectivity index is 2.74. The van der Waals surface area contributed by atoms with Gasteiger partial charge in [-0.25, -0.2) is 10.8 Å². The predicted molar refractivity (Wildman–Crippen MR) is 46.9 cm³/mol. The monoisotopic (exact) mass is 151 g/mol. The smallest absolute Gasteiger partial charge is 0.141 e. The van der Waals surface area contributed by atoms with Crippen LogP contribution in [0.25, 0.3) is 0 Å². The number of allylic oxidation sites excluding steroid dienone is 1. The van der Waals surface area contributed by atoms with Gasteiger partial charge in [-0.2, -0.15) is 0 Å². The molecule has 0 spiro atoms. The minimum absolute atomic E-state index is 0.871. The van der Waals surface area contributed by atoms with Crippen molar-refractivity contribution in [3.63, 3.8) is 0 Å². The average molecular weight is 151 g/mol. The third kappa shape index (κ3) is 1.68. The molecule has 0 saturated carbocycles. The summed E-state index contributed by atoms with van der Waals surface area (Å²) >= 11 is 0. The Hall–Kier alpha value is -1.09. The van der Waals surface area contributed by atoms with Crippen LogP contribution in [-0.4, -0.2) is 17.8 Å². The van der Waals surface area contributed by atoms with Gasteiger partial charge in [-0.3, -0.25) is 5.01 Å². The molecule has 0 aromatic carbocycles. The van der Waals surface area contributed by atoms with Gasteiger partial charge < -0.3 is 0 Å². The molecule has 0 bridgehead atoms. The molecule has 0 aliphatic carbocycles. The zero-order valence-corrected chi connectivity index (χ0v) is 6.75. The lowest BCUT2D eigenvalue weighted by atomic mass is 10.3. The molecule has 1 aliphatic heterocycles. The SMILES string of the molecule is C=CC=NC1=C(C)CCN1N. The zero-order chi connectivity index (χ0) is 8.27. The van der Waals surface area contributed by atoms with Crippen molar-refractivity contribution in [3.05, 3.63) is 24.0 Å². The summed E-state index contributed by atoms with van der Waals surface area (Å²) < 4.78 is 0. The molecular weight excluding hydrogens is 138 g/mol. The molecule has 1 heterocycles. The van der Waals surface area contributed by atoms with Crippen LogP contribution >= 0.6 is 0 Å². The molecule has 0 amide bonds. The first-order valence-electron chi connectivity index (χ1n) is 3.62. The molecule has 3 heteroatoms. The van der Waals surface area contributed by atoms with E-state index in [2.05, 4.69) is 11.6 Å². The third-order valence-corrected chi connectivity index (χ3v) is 1.68. The Morgan fingerprint density at radius 2 is 2.45 bits per heavy atom. The Morgan fingerprint density at radius 1 is 1.73 bits per heavy atom. The van der Waals surface area contributed by atoms with Gasteiger partial charge in [-0.15, -0.1) is 0 Å². The molecular formula is C8H13N3. The summed E-state index contributed by atoms with van der Waals surface area (Å²) in [5, 5.41) is 1.66. The lowest BCUT2D eigenvalue weighted by molar-refractivity contribution is 0.391. The van der Waals surface area contributed by atoms with E-state index in [0.29, 0.717) is 0 Å². The van der Waals surface area contributed by atoms with Crippen LogP contribution < -0.4 is 5.84 Å². The van der Waals surface area contributed by atoms with Crippen molar-refractivity contribution in [1.82, 2.24) is 5.01 Å². The van der Waals surface area contributed by atoms with Crippen molar-refractivity contribution in [2.45, 2.75) is 13.3 Å². The van der Waals surface area contributed by atoms with E-state index in [1.807, 2.05) is 6.92 Å². The second-order valence-corrected chi connectivity index (χ2v) is 2.56. The molecule has 2 N–H and O–H groups in total. The Morgan fingerprint density at radius 3 is 2.91 bits per heavy atom. The fourth-order valence-electron chi connectivity index (χ4n) is 1.06. The minimum atomic E-state index is 0.871. The highest BCUT2D eigenvalue weighted by atomic mass is 15.4. The van der Waals surface area contributed by atoms with E-state index in [4.69, 9.17) is 5.84 Å². The summed E-state index contributed by atoms with van der Waals surface area (Å²) in [6.07, 6.45) is 4.32. The van der Waals surface area contributed by atoms with Gasteiger partial charge in [0.1, 0.15) is 5.82 Å². The largest absolute Gasteiger partial charge is 0.295 e. The van der Waals surface area contributed by atoms with E-state index in [1.165, 1.54) is 5.57 Å². The second-order valence-electron chi connectivity index (χ2n) is 2.56. The normalized spacial score (nSPS) is 18.5. The molecule has 0 fully saturated rings. The summed E-state index contributed by atoms with van der Waals surface area (Å²) in [6.45, 7) is 6.46. The maximum Gasteiger partial charge on any atom is 0.141 e. The molecule has 0 saturated heterocycles. The molecule has 1 rings (SSSR count). The number of nitrogens with two attached hydrogens (primary N) is 1. The third-order valence-electron chi connectivity index (χ3n) is 1.68. The number of hydrazine groups is 1. The topological polar surface area (TPSA) is 41.6 Å². The fraction of sp³-hybridized carbons (Fsp3) is 0.375. The van der Waals surface area contributed by atoms with Crippen molar-refractivity contribution in [3.8, 4) is 0 Å². The summed E-state index contributed by atoms with van der Waals surface area (Å²) in [5.41, 5.74) is 1.24. The first-order valence-corrected chi connectivity index (χ1v) is 3.62. The van der Waals surface area contributed by atoms with E-state index >= 15 is 0 Å². The summed E-state index contributed by atoms with van der Waals surface area (Å²) in [7, 11) is 0. The molecule has 3 nitrogen and oxygen atoms in total. The van der Waals surface area contributed by atoms with Gasteiger partial charge >= 0.3 is 0 Å². The average Bonchev–Trinajstić information content (AvgIpc) is 2.29. The van der Waals surface area contributed by atoms with E-state index in [1.54, 1.807) is 17.3 Å². The van der Waals surface area contributed by atoms with Crippen LogP contribution in [0.1, 0.15) is 13.3 Å². The van der Waals surface area contributed by atoms with Gasteiger partial charge in [0.25, 0.3) is 0 Å². The Kier molecular flexibility index (Phi) is 2.44. The summed E-state index contributed by atoms with van der Waals surface area (Å²) in [4.78, 5) is 4.14. The molecule has 11 heavy (non-hydrogen) atoms. The van der Waals surface area contributed by atoms with Gasteiger partial charge in [0, 0.05) is 12.8 Å². The second kappa shape index (κ2) is 3.34. The van der Waals surface area contributed by atoms with Crippen LogP contribution in [0.3, 0.4) is 0 Å². The maximum atomic E-state index is 5.64. The van der Waals surface area contributed by atoms with E-state index in [9.17, 15) is 0 Å². The molecule has 0 aromatic heterocycles. The van der Waals surface area contributed by atoms with E-state index < -0.39 is 0 Å². The van der Waals surface area contributed by atoms with Crippen LogP contribution in [0.2, 0.25) is 0 Å². The quantitative estimate of drug-likeness (QED) is 0.473. The highest BCUT2D eigenvalue weighted by Gasteiger charge is 2.14. The predicted octanol–water partition coefficient (Wildman–Crippen LogP) is 1.05. The van der Waals surface area contributed by atoms with E-state index in [-0.39, 0.29) is 0 Å². The molecule has 0 atom stereocenters. The van der Waals surface area contributed by atoms with Gasteiger partial charge in [0.2, 0.25) is 0 Å². The van der Waals surface area contributed by atoms with Crippen molar-refractivity contribution < 1.29 is 0 Å². The highest BCUT2D eigenvalue weighted by molar-refractivity contribution is 5.71. The lowest BCUT2D eigenvalue weighted by Gasteiger charge is -2.10. The summed E-state index contributed by atoms with van der Waals surface area (Å²) in [6, 6.07) is 0. The van der Waals surface area contributed by atoms with Crippen LogP contribution in [0.15, 0.2) is 29.0 Å². The lowest BCUT2D eigenvalue weighted by Crippen LogP contribution is -2.26. The molecule has 0 aromatic rings. The number of rotatable bonds is 2. The van der Waals surface area contributed by atoms with Crippen molar-refractivity contribution in [2.24, 2.45) is 10.8 Å². The van der Waals surface area contributed by atoms with Gasteiger partial charge in [-0.1, -0.05) is 12.7 Å². The number of hydrogen-bond donors (Lipinski definition) is 1. The van der Waals surface area contributed by atoms with Crippen molar-refractivity contribution in [1.29, 1.82) is 0 Å².